The van der Waals surface area contributed by atoms with Crippen molar-refractivity contribution in [3.8, 4) is 22.7 Å². The second-order valence-electron chi connectivity index (χ2n) is 6.50. The minimum atomic E-state index is -0.168. The Morgan fingerprint density at radius 3 is 2.61 bits per heavy atom. The monoisotopic (exact) mass is 379 g/mol. The van der Waals surface area contributed by atoms with Gasteiger partial charge in [0.2, 0.25) is 0 Å². The van der Waals surface area contributed by atoms with Crippen molar-refractivity contribution in [2.24, 2.45) is 0 Å². The summed E-state index contributed by atoms with van der Waals surface area (Å²) >= 11 is 0. The van der Waals surface area contributed by atoms with E-state index >= 15 is 0 Å². The molecule has 28 heavy (non-hydrogen) atoms. The molecular weight excluding hydrogens is 354 g/mol. The van der Waals surface area contributed by atoms with Crippen molar-refractivity contribution in [3.05, 3.63) is 65.9 Å². The lowest BCUT2D eigenvalue weighted by molar-refractivity contribution is 0.0941. The largest absolute Gasteiger partial charge is 0.497 e. The Morgan fingerprint density at radius 2 is 1.89 bits per heavy atom. The van der Waals surface area contributed by atoms with Crippen molar-refractivity contribution in [2.75, 3.05) is 27.4 Å². The fourth-order valence-corrected chi connectivity index (χ4v) is 2.86. The fraction of sp³-hybridized carbons (Fsp3) is 0.273. The smallest absolute Gasteiger partial charge is 0.270 e. The van der Waals surface area contributed by atoms with Gasteiger partial charge in [0, 0.05) is 25.8 Å². The molecule has 0 spiro atoms. The third-order valence-corrected chi connectivity index (χ3v) is 4.40. The van der Waals surface area contributed by atoms with Crippen molar-refractivity contribution in [1.29, 1.82) is 0 Å². The van der Waals surface area contributed by atoms with Crippen LogP contribution in [0.5, 0.6) is 5.75 Å². The van der Waals surface area contributed by atoms with Gasteiger partial charge in [0.25, 0.3) is 5.91 Å². The van der Waals surface area contributed by atoms with Gasteiger partial charge in [0.1, 0.15) is 11.4 Å². The van der Waals surface area contributed by atoms with Gasteiger partial charge >= 0.3 is 0 Å². The molecule has 1 amide bonds. The molecule has 0 radical (unpaired) electrons. The average molecular weight is 379 g/mol. The lowest BCUT2D eigenvalue weighted by Gasteiger charge is -2.08. The summed E-state index contributed by atoms with van der Waals surface area (Å²) in [4.78, 5) is 12.8. The molecule has 0 fully saturated rings. The molecule has 1 aromatic heterocycles. The van der Waals surface area contributed by atoms with Gasteiger partial charge < -0.3 is 14.8 Å². The number of carbonyl (C=O) groups is 1. The van der Waals surface area contributed by atoms with Crippen LogP contribution < -0.4 is 10.1 Å². The predicted octanol–water partition coefficient (Wildman–Crippen LogP) is 3.62. The van der Waals surface area contributed by atoms with Crippen LogP contribution in [0.3, 0.4) is 0 Å². The van der Waals surface area contributed by atoms with Crippen LogP contribution in [-0.2, 0) is 4.74 Å². The quantitative estimate of drug-likeness (QED) is 0.607. The normalized spacial score (nSPS) is 10.7. The number of aryl methyl sites for hydroxylation is 1. The molecule has 0 bridgehead atoms. The number of nitrogens with one attached hydrogen (secondary N) is 1. The highest BCUT2D eigenvalue weighted by atomic mass is 16.5. The first-order valence-electron chi connectivity index (χ1n) is 9.21. The first-order valence-corrected chi connectivity index (χ1v) is 9.21. The zero-order chi connectivity index (χ0) is 19.9. The van der Waals surface area contributed by atoms with Crippen LogP contribution in [0.1, 0.15) is 22.5 Å². The standard InChI is InChI=1S/C22H25N3O3/c1-16-8-10-18(11-9-16)25-21(22(26)23-12-5-13-27-2)15-20(24-25)17-6-4-7-19(14-17)28-3/h4,6-11,14-15H,5,12-13H2,1-3H3,(H,23,26). The molecule has 0 atom stereocenters. The summed E-state index contributed by atoms with van der Waals surface area (Å²) in [7, 11) is 3.28. The van der Waals surface area contributed by atoms with E-state index in [1.165, 1.54) is 0 Å². The van der Waals surface area contributed by atoms with Gasteiger partial charge in [0.15, 0.2) is 0 Å². The van der Waals surface area contributed by atoms with E-state index in [1.54, 1.807) is 25.0 Å². The van der Waals surface area contributed by atoms with Gasteiger partial charge in [-0.2, -0.15) is 5.10 Å². The number of aromatic nitrogens is 2. The van der Waals surface area contributed by atoms with Crippen LogP contribution in [-0.4, -0.2) is 43.1 Å². The highest BCUT2D eigenvalue weighted by Crippen LogP contribution is 2.25. The first-order chi connectivity index (χ1) is 13.6. The molecule has 0 aliphatic carbocycles. The number of carbonyl (C=O) groups excluding carboxylic acids is 1. The molecule has 6 heteroatoms. The molecule has 3 rings (SSSR count). The molecule has 3 aromatic rings. The molecule has 146 valence electrons. The van der Waals surface area contributed by atoms with E-state index < -0.39 is 0 Å². The van der Waals surface area contributed by atoms with E-state index in [2.05, 4.69) is 5.32 Å². The minimum absolute atomic E-state index is 0.168. The second-order valence-corrected chi connectivity index (χ2v) is 6.50. The third kappa shape index (κ3) is 4.58. The highest BCUT2D eigenvalue weighted by molar-refractivity contribution is 5.94. The number of hydrogen-bond donors (Lipinski definition) is 1. The molecule has 0 saturated heterocycles. The number of hydrogen-bond acceptors (Lipinski definition) is 4. The number of methoxy groups -OCH3 is 2. The van der Waals surface area contributed by atoms with Gasteiger partial charge in [-0.25, -0.2) is 4.68 Å². The zero-order valence-electron chi connectivity index (χ0n) is 16.4. The Balaban J connectivity index is 1.96. The van der Waals surface area contributed by atoms with Crippen LogP contribution in [0.15, 0.2) is 54.6 Å². The molecule has 0 saturated carbocycles. The number of rotatable bonds is 8. The van der Waals surface area contributed by atoms with Gasteiger partial charge in [-0.3, -0.25) is 4.79 Å². The molecule has 6 nitrogen and oxygen atoms in total. The van der Waals surface area contributed by atoms with Crippen molar-refractivity contribution in [1.82, 2.24) is 15.1 Å². The van der Waals surface area contributed by atoms with Crippen molar-refractivity contribution in [3.63, 3.8) is 0 Å². The summed E-state index contributed by atoms with van der Waals surface area (Å²) in [6, 6.07) is 17.4. The Hall–Kier alpha value is -3.12. The summed E-state index contributed by atoms with van der Waals surface area (Å²) in [5, 5.41) is 7.64. The SMILES string of the molecule is COCCCNC(=O)c1cc(-c2cccc(OC)c2)nn1-c1ccc(C)cc1. The van der Waals surface area contributed by atoms with E-state index in [9.17, 15) is 4.79 Å². The number of nitrogens with zero attached hydrogens (tertiary/aromatic N) is 2. The summed E-state index contributed by atoms with van der Waals surface area (Å²) < 4.78 is 12.0. The summed E-state index contributed by atoms with van der Waals surface area (Å²) in [6.45, 7) is 3.17. The van der Waals surface area contributed by atoms with Crippen molar-refractivity contribution >= 4 is 5.91 Å². The predicted molar refractivity (Wildman–Crippen MR) is 109 cm³/mol. The van der Waals surface area contributed by atoms with Crippen LogP contribution >= 0.6 is 0 Å². The van der Waals surface area contributed by atoms with Crippen LogP contribution in [0.4, 0.5) is 0 Å². The topological polar surface area (TPSA) is 65.4 Å². The second kappa shape index (κ2) is 9.19. The Kier molecular flexibility index (Phi) is 6.45. The van der Waals surface area contributed by atoms with E-state index in [-0.39, 0.29) is 5.91 Å². The molecule has 0 aliphatic heterocycles. The lowest BCUT2D eigenvalue weighted by Crippen LogP contribution is -2.27. The molecule has 0 unspecified atom stereocenters. The first kappa shape index (κ1) is 19.6. The van der Waals surface area contributed by atoms with Gasteiger partial charge in [-0.1, -0.05) is 29.8 Å². The average Bonchev–Trinajstić information content (AvgIpc) is 3.17. The molecule has 0 aliphatic rings. The maximum absolute atomic E-state index is 12.8. The Morgan fingerprint density at radius 1 is 1.11 bits per heavy atom. The fourth-order valence-electron chi connectivity index (χ4n) is 2.86. The zero-order valence-corrected chi connectivity index (χ0v) is 16.4. The van der Waals surface area contributed by atoms with Crippen LogP contribution in [0.2, 0.25) is 0 Å². The van der Waals surface area contributed by atoms with E-state index in [1.807, 2.05) is 55.5 Å². The molecule has 2 aromatic carbocycles. The molecule has 1 heterocycles. The van der Waals surface area contributed by atoms with E-state index in [4.69, 9.17) is 14.6 Å². The lowest BCUT2D eigenvalue weighted by atomic mass is 10.1. The van der Waals surface area contributed by atoms with Crippen LogP contribution in [0.25, 0.3) is 16.9 Å². The summed E-state index contributed by atoms with van der Waals surface area (Å²) in [5.74, 6) is 0.575. The Bertz CT molecular complexity index is 932. The minimum Gasteiger partial charge on any atom is -0.497 e. The molecule has 1 N–H and O–H groups in total. The summed E-state index contributed by atoms with van der Waals surface area (Å²) in [6.07, 6.45) is 0.754. The van der Waals surface area contributed by atoms with E-state index in [0.29, 0.717) is 24.5 Å². The van der Waals surface area contributed by atoms with E-state index in [0.717, 1.165) is 29.0 Å². The van der Waals surface area contributed by atoms with Gasteiger partial charge in [0.05, 0.1) is 18.5 Å². The van der Waals surface area contributed by atoms with Gasteiger partial charge in [-0.05, 0) is 43.7 Å². The highest BCUT2D eigenvalue weighted by Gasteiger charge is 2.17. The van der Waals surface area contributed by atoms with Gasteiger partial charge in [-0.15, -0.1) is 0 Å². The third-order valence-electron chi connectivity index (χ3n) is 4.40. The van der Waals surface area contributed by atoms with Crippen molar-refractivity contribution < 1.29 is 14.3 Å². The Labute approximate surface area is 165 Å². The van der Waals surface area contributed by atoms with Crippen molar-refractivity contribution in [2.45, 2.75) is 13.3 Å². The number of benzene rings is 2. The maximum Gasteiger partial charge on any atom is 0.270 e. The number of amides is 1. The maximum atomic E-state index is 12.8. The number of ether oxygens (including phenoxy) is 2. The van der Waals surface area contributed by atoms with Crippen LogP contribution in [0, 0.1) is 6.92 Å². The summed E-state index contributed by atoms with van der Waals surface area (Å²) in [5.41, 5.74) is 4.07. The molecular formula is C22H25N3O3.